The topological polar surface area (TPSA) is 26.3 Å². The van der Waals surface area contributed by atoms with Crippen molar-refractivity contribution in [3.63, 3.8) is 0 Å². The van der Waals surface area contributed by atoms with Crippen LogP contribution in [-0.4, -0.2) is 12.9 Å². The van der Waals surface area contributed by atoms with Gasteiger partial charge < -0.3 is 4.74 Å². The molecule has 0 fully saturated rings. The lowest BCUT2D eigenvalue weighted by atomic mass is 10.1. The van der Waals surface area contributed by atoms with E-state index >= 15 is 0 Å². The molecule has 5 heteroatoms. The van der Waals surface area contributed by atoms with Crippen molar-refractivity contribution >= 4 is 28.7 Å². The van der Waals surface area contributed by atoms with Gasteiger partial charge in [0.25, 0.3) is 0 Å². The highest BCUT2D eigenvalue weighted by Crippen LogP contribution is 2.29. The van der Waals surface area contributed by atoms with Gasteiger partial charge in [-0.15, -0.1) is 11.3 Å². The molecule has 1 aromatic carbocycles. The normalized spacial score (nSPS) is 10.4. The Kier molecular flexibility index (Phi) is 3.68. The molecule has 2 aromatic rings. The molecule has 1 heterocycles. The third kappa shape index (κ3) is 2.40. The van der Waals surface area contributed by atoms with Gasteiger partial charge in [-0.05, 0) is 36.8 Å². The number of hydrogen-bond acceptors (Lipinski definition) is 3. The van der Waals surface area contributed by atoms with Crippen molar-refractivity contribution in [1.82, 2.24) is 0 Å². The molecule has 1 aromatic heterocycles. The van der Waals surface area contributed by atoms with E-state index in [0.717, 1.165) is 5.56 Å². The maximum atomic E-state index is 13.2. The lowest BCUT2D eigenvalue weighted by molar-refractivity contribution is 0.104. The van der Waals surface area contributed by atoms with Crippen molar-refractivity contribution < 1.29 is 13.9 Å². The van der Waals surface area contributed by atoms with Crippen LogP contribution in [0.3, 0.4) is 0 Å². The Hall–Kier alpha value is -1.39. The summed E-state index contributed by atoms with van der Waals surface area (Å²) in [4.78, 5) is 12.7. The number of ketones is 1. The molecular formula is C13H10ClFO2S. The molecule has 0 radical (unpaired) electrons. The van der Waals surface area contributed by atoms with E-state index < -0.39 is 5.82 Å². The summed E-state index contributed by atoms with van der Waals surface area (Å²) in [5.41, 5.74) is 1.24. The van der Waals surface area contributed by atoms with Crippen molar-refractivity contribution in [3.05, 3.63) is 50.4 Å². The Morgan fingerprint density at radius 2 is 2.11 bits per heavy atom. The first-order valence-electron chi connectivity index (χ1n) is 5.17. The first-order valence-corrected chi connectivity index (χ1v) is 6.36. The summed E-state index contributed by atoms with van der Waals surface area (Å²) >= 11 is 7.14. The zero-order valence-corrected chi connectivity index (χ0v) is 11.4. The highest BCUT2D eigenvalue weighted by atomic mass is 35.5. The Balaban J connectivity index is 2.39. The van der Waals surface area contributed by atoms with Gasteiger partial charge in [0.05, 0.1) is 16.3 Å². The zero-order valence-electron chi connectivity index (χ0n) is 9.79. The summed E-state index contributed by atoms with van der Waals surface area (Å²) in [7, 11) is 1.36. The van der Waals surface area contributed by atoms with Gasteiger partial charge >= 0.3 is 0 Å². The molecule has 0 spiro atoms. The Labute approximate surface area is 113 Å². The number of benzene rings is 1. The molecule has 0 N–H and O–H groups in total. The third-order valence-corrected chi connectivity index (χ3v) is 4.05. The predicted octanol–water partition coefficient (Wildman–Crippen LogP) is 4.09. The second-order valence-corrected chi connectivity index (χ2v) is 5.40. The molecule has 0 aliphatic heterocycles. The molecule has 2 nitrogen and oxygen atoms in total. The van der Waals surface area contributed by atoms with Crippen LogP contribution in [0.25, 0.3) is 0 Å². The lowest BCUT2D eigenvalue weighted by Crippen LogP contribution is -2.00. The van der Waals surface area contributed by atoms with Crippen LogP contribution >= 0.6 is 22.9 Å². The minimum atomic E-state index is -0.491. The van der Waals surface area contributed by atoms with E-state index in [-0.39, 0.29) is 11.5 Å². The molecular weight excluding hydrogens is 275 g/mol. The summed E-state index contributed by atoms with van der Waals surface area (Å²) in [6.07, 6.45) is 0. The number of ether oxygens (including phenoxy) is 1. The molecule has 0 aliphatic rings. The Bertz CT molecular complexity index is 588. The fourth-order valence-electron chi connectivity index (χ4n) is 1.52. The smallest absolute Gasteiger partial charge is 0.203 e. The average molecular weight is 285 g/mol. The molecule has 0 unspecified atom stereocenters. The van der Waals surface area contributed by atoms with Crippen LogP contribution in [0.15, 0.2) is 24.3 Å². The number of thiophene rings is 1. The number of carbonyl (C=O) groups is 1. The van der Waals surface area contributed by atoms with Crippen molar-refractivity contribution in [1.29, 1.82) is 0 Å². The van der Waals surface area contributed by atoms with E-state index in [9.17, 15) is 9.18 Å². The standard InChI is InChI=1S/C13H10ClFO2S/c1-7-5-11(18-13(7)14)12(16)8-3-4-9(15)10(6-8)17-2/h3-6H,1-2H3. The minimum absolute atomic E-state index is 0.0558. The van der Waals surface area contributed by atoms with E-state index in [1.807, 2.05) is 6.92 Å². The summed E-state index contributed by atoms with van der Waals surface area (Å²) in [5.74, 6) is -0.622. The van der Waals surface area contributed by atoms with E-state index in [4.69, 9.17) is 16.3 Å². The van der Waals surface area contributed by atoms with Gasteiger partial charge in [-0.1, -0.05) is 11.6 Å². The van der Waals surface area contributed by atoms with Crippen molar-refractivity contribution in [3.8, 4) is 5.75 Å². The largest absolute Gasteiger partial charge is 0.494 e. The predicted molar refractivity (Wildman–Crippen MR) is 70.5 cm³/mol. The molecule has 0 bridgehead atoms. The number of methoxy groups -OCH3 is 1. The maximum Gasteiger partial charge on any atom is 0.203 e. The van der Waals surface area contributed by atoms with Gasteiger partial charge in [0.1, 0.15) is 0 Å². The molecule has 94 valence electrons. The fraction of sp³-hybridized carbons (Fsp3) is 0.154. The maximum absolute atomic E-state index is 13.2. The molecule has 0 saturated heterocycles. The van der Waals surface area contributed by atoms with Crippen LogP contribution in [0.2, 0.25) is 4.34 Å². The average Bonchev–Trinajstić information content (AvgIpc) is 2.69. The highest BCUT2D eigenvalue weighted by Gasteiger charge is 2.15. The van der Waals surface area contributed by atoms with Crippen LogP contribution < -0.4 is 4.74 Å². The van der Waals surface area contributed by atoms with E-state index in [0.29, 0.717) is 14.8 Å². The van der Waals surface area contributed by atoms with Crippen LogP contribution in [-0.2, 0) is 0 Å². The molecule has 0 amide bonds. The van der Waals surface area contributed by atoms with Gasteiger partial charge in [0.2, 0.25) is 5.78 Å². The van der Waals surface area contributed by atoms with Gasteiger partial charge in [-0.2, -0.15) is 0 Å². The molecule has 0 saturated carbocycles. The fourth-order valence-corrected chi connectivity index (χ4v) is 2.68. The van der Waals surface area contributed by atoms with Crippen molar-refractivity contribution in [2.24, 2.45) is 0 Å². The summed E-state index contributed by atoms with van der Waals surface area (Å²) in [6.45, 7) is 1.83. The molecule has 18 heavy (non-hydrogen) atoms. The Morgan fingerprint density at radius 1 is 1.39 bits per heavy atom. The van der Waals surface area contributed by atoms with Gasteiger partial charge in [0, 0.05) is 5.56 Å². The van der Waals surface area contributed by atoms with Crippen molar-refractivity contribution in [2.75, 3.05) is 7.11 Å². The molecule has 2 rings (SSSR count). The number of rotatable bonds is 3. The number of aryl methyl sites for hydroxylation is 1. The Morgan fingerprint density at radius 3 is 2.67 bits per heavy atom. The monoisotopic (exact) mass is 284 g/mol. The number of halogens is 2. The van der Waals surface area contributed by atoms with Gasteiger partial charge in [-0.3, -0.25) is 4.79 Å². The molecule has 0 atom stereocenters. The quantitative estimate of drug-likeness (QED) is 0.794. The van der Waals surface area contributed by atoms with E-state index in [1.54, 1.807) is 6.07 Å². The van der Waals surface area contributed by atoms with Crippen LogP contribution in [0, 0.1) is 12.7 Å². The lowest BCUT2D eigenvalue weighted by Gasteiger charge is -2.03. The summed E-state index contributed by atoms with van der Waals surface area (Å²) in [5, 5.41) is 0. The van der Waals surface area contributed by atoms with Gasteiger partial charge in [-0.25, -0.2) is 4.39 Å². The minimum Gasteiger partial charge on any atom is -0.494 e. The highest BCUT2D eigenvalue weighted by molar-refractivity contribution is 7.18. The first kappa shape index (κ1) is 13.1. The second-order valence-electron chi connectivity index (χ2n) is 3.75. The molecule has 0 aliphatic carbocycles. The van der Waals surface area contributed by atoms with Crippen LogP contribution in [0.1, 0.15) is 20.8 Å². The van der Waals surface area contributed by atoms with E-state index in [2.05, 4.69) is 0 Å². The number of carbonyl (C=O) groups excluding carboxylic acids is 1. The summed E-state index contributed by atoms with van der Waals surface area (Å²) < 4.78 is 18.7. The second kappa shape index (κ2) is 5.08. The van der Waals surface area contributed by atoms with Gasteiger partial charge in [0.15, 0.2) is 11.6 Å². The number of hydrogen-bond donors (Lipinski definition) is 0. The summed E-state index contributed by atoms with van der Waals surface area (Å²) in [6, 6.07) is 5.77. The third-order valence-electron chi connectivity index (χ3n) is 2.49. The SMILES string of the molecule is COc1cc(C(=O)c2cc(C)c(Cl)s2)ccc1F. The van der Waals surface area contributed by atoms with Crippen LogP contribution in [0.4, 0.5) is 4.39 Å². The first-order chi connectivity index (χ1) is 8.52. The van der Waals surface area contributed by atoms with Crippen molar-refractivity contribution in [2.45, 2.75) is 6.92 Å². The van der Waals surface area contributed by atoms with Crippen LogP contribution in [0.5, 0.6) is 5.75 Å². The zero-order chi connectivity index (χ0) is 13.3. The van der Waals surface area contributed by atoms with E-state index in [1.165, 1.54) is 36.6 Å².